The molecular weight excluding hydrogens is 879 g/mol. The Bertz CT molecular complexity index is 3210. The van der Waals surface area contributed by atoms with Crippen LogP contribution in [0.15, 0.2) is 219 Å². The summed E-state index contributed by atoms with van der Waals surface area (Å²) in [4.78, 5) is 0. The minimum absolute atomic E-state index is 0.0254. The van der Waals surface area contributed by atoms with Gasteiger partial charge >= 0.3 is 14.7 Å². The molecule has 2 aliphatic rings. The smallest absolute Gasteiger partial charge is 0.310 e. The lowest BCUT2D eigenvalue weighted by molar-refractivity contribution is 0.0857. The topological polar surface area (TPSA) is 71.1 Å². The van der Waals surface area contributed by atoms with E-state index in [-0.39, 0.29) is 19.1 Å². The number of allylic oxidation sites excluding steroid dienone is 2. The zero-order valence-electron chi connectivity index (χ0n) is 37.9. The van der Waals surface area contributed by atoms with Gasteiger partial charge in [-0.25, -0.2) is 0 Å². The maximum Gasteiger partial charge on any atom is 0.310 e. The van der Waals surface area contributed by atoms with Crippen LogP contribution in [0.25, 0.3) is 22.3 Å². The van der Waals surface area contributed by atoms with Crippen molar-refractivity contribution in [3.63, 3.8) is 0 Å². The Morgan fingerprint density at radius 1 is 0.441 bits per heavy atom. The van der Waals surface area contributed by atoms with Gasteiger partial charge in [-0.1, -0.05) is 189 Å². The molecule has 0 saturated carbocycles. The van der Waals surface area contributed by atoms with Gasteiger partial charge in [0.15, 0.2) is 11.7 Å². The Morgan fingerprint density at radius 2 is 0.838 bits per heavy atom. The maximum absolute atomic E-state index is 15.7. The minimum Gasteiger partial charge on any atom is -0.437 e. The van der Waals surface area contributed by atoms with Crippen molar-refractivity contribution in [2.24, 2.45) is 0 Å². The van der Waals surface area contributed by atoms with Crippen LogP contribution in [0, 0.1) is 0 Å². The Kier molecular flexibility index (Phi) is 12.9. The quantitative estimate of drug-likeness (QED) is 0.0710. The van der Waals surface area contributed by atoms with Gasteiger partial charge in [-0.2, -0.15) is 0 Å². The Morgan fingerprint density at radius 3 is 1.34 bits per heavy atom. The van der Waals surface area contributed by atoms with E-state index in [1.807, 2.05) is 158 Å². The summed E-state index contributed by atoms with van der Waals surface area (Å²) in [5, 5.41) is 1.28. The molecule has 10 rings (SSSR count). The largest absolute Gasteiger partial charge is 0.437 e. The van der Waals surface area contributed by atoms with Gasteiger partial charge < -0.3 is 18.5 Å². The van der Waals surface area contributed by atoms with Crippen LogP contribution in [-0.2, 0) is 44.7 Å². The standard InChI is InChI=1S/C60H52O6P2/c1-4-15-43-27-29-45(30-28-43)40-63-59(67(61)57-25-12-8-21-53(57)51-19-6-10-23-55(51)65-67)49-35-31-47(32-36-49)42(3)48-33-37-50(38-34-48)60(64-41-46-18-14-17-44(39-46)16-5-2)68(62)58-26-13-9-22-54(58)52-20-7-11-24-56(52)66-68/h4-14,17-39,42,59-60H,1-2,15-16,40-41H2,3H3. The highest BCUT2D eigenvalue weighted by molar-refractivity contribution is 7.68. The highest BCUT2D eigenvalue weighted by atomic mass is 31.2. The molecule has 0 radical (unpaired) electrons. The first kappa shape index (κ1) is 45.0. The van der Waals surface area contributed by atoms with Gasteiger partial charge in [0.1, 0.15) is 11.5 Å². The Labute approximate surface area is 399 Å². The predicted molar refractivity (Wildman–Crippen MR) is 276 cm³/mol. The van der Waals surface area contributed by atoms with Crippen molar-refractivity contribution in [1.82, 2.24) is 0 Å². The van der Waals surface area contributed by atoms with Gasteiger partial charge in [0, 0.05) is 17.0 Å². The van der Waals surface area contributed by atoms with Crippen LogP contribution in [-0.4, -0.2) is 0 Å². The van der Waals surface area contributed by atoms with E-state index in [2.05, 4.69) is 68.6 Å². The summed E-state index contributed by atoms with van der Waals surface area (Å²) < 4.78 is 58.1. The number of rotatable bonds is 16. The highest BCUT2D eigenvalue weighted by Gasteiger charge is 2.46. The number of para-hydroxylation sites is 2. The van der Waals surface area contributed by atoms with Gasteiger partial charge in [0.25, 0.3) is 0 Å². The number of hydrogen-bond donors (Lipinski definition) is 0. The van der Waals surface area contributed by atoms with Crippen molar-refractivity contribution < 1.29 is 27.7 Å². The van der Waals surface area contributed by atoms with Gasteiger partial charge in [0.05, 0.1) is 23.8 Å². The molecule has 6 nitrogen and oxygen atoms in total. The summed E-state index contributed by atoms with van der Waals surface area (Å²) in [6.07, 6.45) is 5.29. The van der Waals surface area contributed by atoms with Crippen molar-refractivity contribution in [3.8, 4) is 33.8 Å². The molecule has 0 aliphatic carbocycles. The molecule has 2 heterocycles. The maximum atomic E-state index is 15.7. The third-order valence-electron chi connectivity index (χ3n) is 13.0. The summed E-state index contributed by atoms with van der Waals surface area (Å²) in [6.45, 7) is 10.4. The molecule has 0 bridgehead atoms. The van der Waals surface area contributed by atoms with E-state index in [1.165, 1.54) is 0 Å². The fourth-order valence-corrected chi connectivity index (χ4v) is 14.5. The normalized spacial score (nSPS) is 18.0. The van der Waals surface area contributed by atoms with Gasteiger partial charge in [0.2, 0.25) is 0 Å². The van der Waals surface area contributed by atoms with E-state index in [9.17, 15) is 0 Å². The van der Waals surface area contributed by atoms with Crippen LogP contribution in [0.1, 0.15) is 69.0 Å². The first-order valence-electron chi connectivity index (χ1n) is 23.0. The van der Waals surface area contributed by atoms with Crippen LogP contribution in [0.5, 0.6) is 11.5 Å². The number of hydrogen-bond acceptors (Lipinski definition) is 6. The number of fused-ring (bicyclic) bond motifs is 6. The third-order valence-corrected chi connectivity index (χ3v) is 18.1. The lowest BCUT2D eigenvalue weighted by Gasteiger charge is -2.34. The van der Waals surface area contributed by atoms with Gasteiger partial charge in [-0.3, -0.25) is 9.13 Å². The second kappa shape index (κ2) is 19.4. The van der Waals surface area contributed by atoms with Crippen LogP contribution in [0.2, 0.25) is 0 Å². The first-order valence-corrected chi connectivity index (χ1v) is 26.4. The lowest BCUT2D eigenvalue weighted by atomic mass is 9.92. The van der Waals surface area contributed by atoms with Gasteiger partial charge in [-0.05, 0) is 92.7 Å². The molecule has 0 spiro atoms. The third kappa shape index (κ3) is 8.78. The van der Waals surface area contributed by atoms with Crippen molar-refractivity contribution in [2.75, 3.05) is 0 Å². The molecule has 5 atom stereocenters. The van der Waals surface area contributed by atoms with E-state index in [4.69, 9.17) is 18.5 Å². The fourth-order valence-electron chi connectivity index (χ4n) is 9.40. The Balaban J connectivity index is 0.958. The molecule has 0 amide bonds. The van der Waals surface area contributed by atoms with Crippen LogP contribution in [0.4, 0.5) is 0 Å². The highest BCUT2D eigenvalue weighted by Crippen LogP contribution is 2.65. The molecule has 2 aliphatic heterocycles. The van der Waals surface area contributed by atoms with Crippen molar-refractivity contribution >= 4 is 25.3 Å². The average molecular weight is 931 g/mol. The van der Waals surface area contributed by atoms with Crippen LogP contribution < -0.4 is 19.7 Å². The zero-order chi connectivity index (χ0) is 46.7. The lowest BCUT2D eigenvalue weighted by Crippen LogP contribution is -2.23. The van der Waals surface area contributed by atoms with E-state index < -0.39 is 26.4 Å². The number of ether oxygens (including phenoxy) is 2. The fraction of sp³-hybridized carbons (Fsp3) is 0.133. The molecule has 68 heavy (non-hydrogen) atoms. The second-order valence-electron chi connectivity index (χ2n) is 17.4. The number of benzene rings is 8. The summed E-state index contributed by atoms with van der Waals surface area (Å²) in [7, 11) is -7.42. The van der Waals surface area contributed by atoms with E-state index >= 15 is 9.13 Å². The van der Waals surface area contributed by atoms with Crippen molar-refractivity contribution in [3.05, 3.63) is 264 Å². The van der Waals surface area contributed by atoms with Crippen molar-refractivity contribution in [2.45, 2.75) is 50.6 Å². The SMILES string of the molecule is C=CCc1ccc(COC(c2ccc(C(C)c3ccc(C(OCc4cccc(CC=C)c4)P4(=O)Oc5ccccc5-c5ccccc54)cc3)cc2)P2(=O)Oc3ccccc3-c3ccccc32)cc1. The minimum atomic E-state index is -3.72. The van der Waals surface area contributed by atoms with E-state index in [0.717, 1.165) is 79.6 Å². The molecule has 8 aromatic rings. The molecule has 8 heteroatoms. The second-order valence-corrected chi connectivity index (χ2v) is 22.1. The van der Waals surface area contributed by atoms with Gasteiger partial charge in [-0.15, -0.1) is 13.2 Å². The molecule has 0 fully saturated rings. The van der Waals surface area contributed by atoms with Crippen LogP contribution in [0.3, 0.4) is 0 Å². The van der Waals surface area contributed by atoms with Crippen LogP contribution >= 0.6 is 14.7 Å². The van der Waals surface area contributed by atoms with E-state index in [1.54, 1.807) is 0 Å². The average Bonchev–Trinajstić information content (AvgIpc) is 3.38. The summed E-state index contributed by atoms with van der Waals surface area (Å²) in [5.41, 5.74) is 11.4. The van der Waals surface area contributed by atoms with E-state index in [0.29, 0.717) is 22.1 Å². The monoisotopic (exact) mass is 930 g/mol. The molecule has 338 valence electrons. The predicted octanol–water partition coefficient (Wildman–Crippen LogP) is 15.1. The molecular formula is C60H52O6P2. The molecule has 0 aromatic heterocycles. The molecule has 0 N–H and O–H groups in total. The zero-order valence-corrected chi connectivity index (χ0v) is 39.7. The molecule has 5 unspecified atom stereocenters. The summed E-state index contributed by atoms with van der Waals surface area (Å²) >= 11 is 0. The van der Waals surface area contributed by atoms with Crippen molar-refractivity contribution in [1.29, 1.82) is 0 Å². The Hall–Kier alpha value is -6.78. The molecule has 0 saturated heterocycles. The summed E-state index contributed by atoms with van der Waals surface area (Å²) in [6, 6.07) is 63.9. The first-order chi connectivity index (χ1) is 33.3. The molecule has 8 aromatic carbocycles. The summed E-state index contributed by atoms with van der Waals surface area (Å²) in [5.74, 6) is -0.665.